The van der Waals surface area contributed by atoms with E-state index in [-0.39, 0.29) is 0 Å². The van der Waals surface area contributed by atoms with Gasteiger partial charge in [0.1, 0.15) is 0 Å². The lowest BCUT2D eigenvalue weighted by molar-refractivity contribution is 0.602. The Bertz CT molecular complexity index is 656. The predicted octanol–water partition coefficient (Wildman–Crippen LogP) is 2.37. The van der Waals surface area contributed by atoms with Gasteiger partial charge in [0.05, 0.1) is 4.90 Å². The van der Waals surface area contributed by atoms with Crippen LogP contribution in [-0.4, -0.2) is 32.0 Å². The van der Waals surface area contributed by atoms with Crippen LogP contribution >= 0.6 is 11.8 Å². The third-order valence-electron chi connectivity index (χ3n) is 2.85. The molecule has 2 rings (SSSR count). The minimum absolute atomic E-state index is 0.363. The molecule has 112 valence electrons. The molecule has 1 heterocycles. The molecule has 6 heteroatoms. The van der Waals surface area contributed by atoms with Crippen molar-refractivity contribution >= 4 is 21.6 Å². The Kier molecular flexibility index (Phi) is 5.78. The number of aromatic nitrogens is 1. The van der Waals surface area contributed by atoms with Crippen LogP contribution < -0.4 is 5.32 Å². The number of benzene rings is 1. The van der Waals surface area contributed by atoms with E-state index in [0.29, 0.717) is 4.90 Å². The Balaban J connectivity index is 1.71. The summed E-state index contributed by atoms with van der Waals surface area (Å²) in [6, 6.07) is 11.0. The first-order valence-electron chi connectivity index (χ1n) is 6.58. The molecule has 0 radical (unpaired) electrons. The Hall–Kier alpha value is -1.37. The second kappa shape index (κ2) is 7.59. The molecule has 0 bridgehead atoms. The molecule has 1 N–H and O–H groups in total. The Labute approximate surface area is 129 Å². The first-order valence-corrected chi connectivity index (χ1v) is 9.46. The van der Waals surface area contributed by atoms with Crippen molar-refractivity contribution in [3.8, 4) is 0 Å². The highest BCUT2D eigenvalue weighted by Crippen LogP contribution is 2.19. The Morgan fingerprint density at radius 1 is 1.19 bits per heavy atom. The number of nitrogens with one attached hydrogen (secondary N) is 1. The number of pyridine rings is 1. The SMILES string of the molecule is CS(=O)(=O)c1ccc(SCCNCc2cccnc2)cc1. The van der Waals surface area contributed by atoms with Crippen LogP contribution in [0.4, 0.5) is 0 Å². The minimum atomic E-state index is -3.11. The topological polar surface area (TPSA) is 59.1 Å². The van der Waals surface area contributed by atoms with Gasteiger partial charge in [-0.15, -0.1) is 11.8 Å². The number of thioether (sulfide) groups is 1. The summed E-state index contributed by atoms with van der Waals surface area (Å²) in [5.74, 6) is 0.929. The summed E-state index contributed by atoms with van der Waals surface area (Å²) in [7, 11) is -3.11. The lowest BCUT2D eigenvalue weighted by Crippen LogP contribution is -2.16. The van der Waals surface area contributed by atoms with Crippen LogP contribution in [0.15, 0.2) is 58.6 Å². The zero-order chi connectivity index (χ0) is 15.1. The highest BCUT2D eigenvalue weighted by molar-refractivity contribution is 7.99. The maximum absolute atomic E-state index is 11.4. The second-order valence-electron chi connectivity index (χ2n) is 4.63. The van der Waals surface area contributed by atoms with Crippen molar-refractivity contribution < 1.29 is 8.42 Å². The average molecular weight is 322 g/mol. The van der Waals surface area contributed by atoms with Gasteiger partial charge in [0.25, 0.3) is 0 Å². The zero-order valence-corrected chi connectivity index (χ0v) is 13.5. The summed E-state index contributed by atoms with van der Waals surface area (Å²) in [4.78, 5) is 5.50. The Morgan fingerprint density at radius 2 is 1.95 bits per heavy atom. The maximum atomic E-state index is 11.4. The third-order valence-corrected chi connectivity index (χ3v) is 4.99. The molecule has 1 aromatic carbocycles. The van der Waals surface area contributed by atoms with Gasteiger partial charge in [-0.05, 0) is 35.9 Å². The van der Waals surface area contributed by atoms with Crippen LogP contribution in [-0.2, 0) is 16.4 Å². The molecule has 0 saturated heterocycles. The van der Waals surface area contributed by atoms with Crippen molar-refractivity contribution in [1.29, 1.82) is 0 Å². The lowest BCUT2D eigenvalue weighted by atomic mass is 10.3. The van der Waals surface area contributed by atoms with Gasteiger partial charge in [-0.1, -0.05) is 6.07 Å². The van der Waals surface area contributed by atoms with Gasteiger partial charge in [-0.2, -0.15) is 0 Å². The minimum Gasteiger partial charge on any atom is -0.312 e. The number of rotatable bonds is 7. The number of hydrogen-bond donors (Lipinski definition) is 1. The van der Waals surface area contributed by atoms with Gasteiger partial charge in [-0.25, -0.2) is 8.42 Å². The van der Waals surface area contributed by atoms with Crippen LogP contribution in [0, 0.1) is 0 Å². The molecular formula is C15H18N2O2S2. The van der Waals surface area contributed by atoms with E-state index in [2.05, 4.69) is 10.3 Å². The first kappa shape index (κ1) is 16.0. The van der Waals surface area contributed by atoms with E-state index in [9.17, 15) is 8.42 Å². The molecule has 0 aliphatic heterocycles. The van der Waals surface area contributed by atoms with Gasteiger partial charge in [-0.3, -0.25) is 4.98 Å². The van der Waals surface area contributed by atoms with Crippen LogP contribution in [0.1, 0.15) is 5.56 Å². The molecular weight excluding hydrogens is 304 g/mol. The maximum Gasteiger partial charge on any atom is 0.175 e. The van der Waals surface area contributed by atoms with E-state index in [0.717, 1.165) is 23.7 Å². The van der Waals surface area contributed by atoms with Gasteiger partial charge in [0.2, 0.25) is 0 Å². The van der Waals surface area contributed by atoms with Crippen molar-refractivity contribution in [2.24, 2.45) is 0 Å². The van der Waals surface area contributed by atoms with Gasteiger partial charge in [0.15, 0.2) is 9.84 Å². The molecule has 0 saturated carbocycles. The molecule has 21 heavy (non-hydrogen) atoms. The number of sulfone groups is 1. The summed E-state index contributed by atoms with van der Waals surface area (Å²) in [5, 5.41) is 3.35. The van der Waals surface area contributed by atoms with Gasteiger partial charge >= 0.3 is 0 Å². The molecule has 0 amide bonds. The normalized spacial score (nSPS) is 11.5. The van der Waals surface area contributed by atoms with Gasteiger partial charge in [0, 0.05) is 42.4 Å². The zero-order valence-electron chi connectivity index (χ0n) is 11.8. The summed E-state index contributed by atoms with van der Waals surface area (Å²) >= 11 is 1.70. The van der Waals surface area contributed by atoms with Crippen molar-refractivity contribution in [3.05, 3.63) is 54.4 Å². The van der Waals surface area contributed by atoms with Crippen LogP contribution in [0.2, 0.25) is 0 Å². The smallest absolute Gasteiger partial charge is 0.175 e. The molecule has 0 fully saturated rings. The summed E-state index contributed by atoms with van der Waals surface area (Å²) in [6.45, 7) is 1.69. The highest BCUT2D eigenvalue weighted by Gasteiger charge is 2.05. The van der Waals surface area contributed by atoms with E-state index in [1.54, 1.807) is 30.1 Å². The molecule has 0 aliphatic carbocycles. The summed E-state index contributed by atoms with van der Waals surface area (Å²) < 4.78 is 22.7. The molecule has 1 aromatic heterocycles. The third kappa shape index (κ3) is 5.49. The van der Waals surface area contributed by atoms with E-state index in [1.807, 2.05) is 30.5 Å². The standard InChI is InChI=1S/C15H18N2O2S2/c1-21(18,19)15-6-4-14(5-7-15)20-10-9-17-12-13-3-2-8-16-11-13/h2-8,11,17H,9-10,12H2,1H3. The Morgan fingerprint density at radius 3 is 2.57 bits per heavy atom. The average Bonchev–Trinajstić information content (AvgIpc) is 2.47. The van der Waals surface area contributed by atoms with E-state index < -0.39 is 9.84 Å². The largest absolute Gasteiger partial charge is 0.312 e. The molecule has 4 nitrogen and oxygen atoms in total. The van der Waals surface area contributed by atoms with Crippen LogP contribution in [0.5, 0.6) is 0 Å². The fourth-order valence-electron chi connectivity index (χ4n) is 1.76. The van der Waals surface area contributed by atoms with Crippen molar-refractivity contribution in [3.63, 3.8) is 0 Å². The van der Waals surface area contributed by atoms with E-state index in [4.69, 9.17) is 0 Å². The first-order chi connectivity index (χ1) is 10.1. The molecule has 0 spiro atoms. The van der Waals surface area contributed by atoms with Crippen molar-refractivity contribution in [2.45, 2.75) is 16.3 Å². The number of hydrogen-bond acceptors (Lipinski definition) is 5. The summed E-state index contributed by atoms with van der Waals surface area (Å²) in [5.41, 5.74) is 1.17. The quantitative estimate of drug-likeness (QED) is 0.626. The van der Waals surface area contributed by atoms with E-state index in [1.165, 1.54) is 11.8 Å². The summed E-state index contributed by atoms with van der Waals surface area (Å²) in [6.07, 6.45) is 4.83. The predicted molar refractivity (Wildman–Crippen MR) is 86.2 cm³/mol. The van der Waals surface area contributed by atoms with Crippen molar-refractivity contribution in [2.75, 3.05) is 18.6 Å². The van der Waals surface area contributed by atoms with Crippen LogP contribution in [0.25, 0.3) is 0 Å². The monoisotopic (exact) mass is 322 g/mol. The molecule has 0 unspecified atom stereocenters. The molecule has 0 atom stereocenters. The fourth-order valence-corrected chi connectivity index (χ4v) is 3.20. The number of nitrogens with zero attached hydrogens (tertiary/aromatic N) is 1. The van der Waals surface area contributed by atoms with E-state index >= 15 is 0 Å². The van der Waals surface area contributed by atoms with Crippen LogP contribution in [0.3, 0.4) is 0 Å². The highest BCUT2D eigenvalue weighted by atomic mass is 32.2. The van der Waals surface area contributed by atoms with Crippen molar-refractivity contribution in [1.82, 2.24) is 10.3 Å². The lowest BCUT2D eigenvalue weighted by Gasteiger charge is -2.05. The molecule has 0 aliphatic rings. The molecule has 2 aromatic rings. The second-order valence-corrected chi connectivity index (χ2v) is 7.81. The fraction of sp³-hybridized carbons (Fsp3) is 0.267. The van der Waals surface area contributed by atoms with Gasteiger partial charge < -0.3 is 5.32 Å².